The van der Waals surface area contributed by atoms with Crippen LogP contribution in [0.25, 0.3) is 10.1 Å². The summed E-state index contributed by atoms with van der Waals surface area (Å²) in [5, 5.41) is 18.4. The van der Waals surface area contributed by atoms with Crippen LogP contribution < -0.4 is 10.6 Å². The third kappa shape index (κ3) is 4.71. The monoisotopic (exact) mass is 360 g/mol. The van der Waals surface area contributed by atoms with Gasteiger partial charge in [0.1, 0.15) is 6.10 Å². The lowest BCUT2D eigenvalue weighted by Gasteiger charge is -2.21. The zero-order chi connectivity index (χ0) is 17.6. The Bertz CT molecular complexity index is 681. The molecule has 6 heteroatoms. The van der Waals surface area contributed by atoms with Crippen LogP contribution >= 0.6 is 11.3 Å². The number of hydrogen-bond donors (Lipinski definition) is 3. The molecule has 3 rings (SSSR count). The molecule has 0 aliphatic carbocycles. The Morgan fingerprint density at radius 2 is 2.24 bits per heavy atom. The Kier molecular flexibility index (Phi) is 6.29. The van der Waals surface area contributed by atoms with E-state index in [2.05, 4.69) is 52.7 Å². The maximum atomic E-state index is 10.5. The van der Waals surface area contributed by atoms with Crippen LogP contribution in [0.3, 0.4) is 0 Å². The first kappa shape index (κ1) is 18.2. The number of aliphatic imine (C=N–C) groups is 1. The minimum absolute atomic E-state index is 0.364. The molecule has 1 aromatic carbocycles. The van der Waals surface area contributed by atoms with E-state index in [1.165, 1.54) is 29.5 Å². The van der Waals surface area contributed by atoms with Gasteiger partial charge in [0.05, 0.1) is 6.54 Å². The molecule has 0 amide bonds. The van der Waals surface area contributed by atoms with Gasteiger partial charge in [-0.3, -0.25) is 4.99 Å². The molecular weight excluding hydrogens is 332 g/mol. The van der Waals surface area contributed by atoms with Gasteiger partial charge in [0.2, 0.25) is 0 Å². The largest absolute Gasteiger partial charge is 0.386 e. The normalized spacial score (nSPS) is 20.1. The second-order valence-corrected chi connectivity index (χ2v) is 7.69. The Balaban J connectivity index is 1.59. The predicted octanol–water partition coefficient (Wildman–Crippen LogP) is 2.58. The van der Waals surface area contributed by atoms with Crippen molar-refractivity contribution in [3.8, 4) is 0 Å². The fourth-order valence-electron chi connectivity index (χ4n) is 3.23. The van der Waals surface area contributed by atoms with Gasteiger partial charge in [0.25, 0.3) is 0 Å². The summed E-state index contributed by atoms with van der Waals surface area (Å²) >= 11 is 1.64. The van der Waals surface area contributed by atoms with Crippen LogP contribution in [0.4, 0.5) is 0 Å². The highest BCUT2D eigenvalue weighted by molar-refractivity contribution is 7.19. The molecule has 1 saturated heterocycles. The van der Waals surface area contributed by atoms with E-state index in [-0.39, 0.29) is 0 Å². The molecule has 2 unspecified atom stereocenters. The molecule has 1 aromatic heterocycles. The van der Waals surface area contributed by atoms with Crippen LogP contribution in [0.2, 0.25) is 0 Å². The standard InChI is InChI=1S/C19H28N4OS/c1-3-20-19(21-12-15-8-6-10-23(15)2)22-13-16(24)18-11-14-7-4-5-9-17(14)25-18/h4-5,7,9,11,15-16,24H,3,6,8,10,12-13H2,1-2H3,(H2,20,21,22). The van der Waals surface area contributed by atoms with E-state index >= 15 is 0 Å². The minimum atomic E-state index is -0.568. The summed E-state index contributed by atoms with van der Waals surface area (Å²) in [5.41, 5.74) is 0. The van der Waals surface area contributed by atoms with E-state index < -0.39 is 6.10 Å². The molecule has 0 radical (unpaired) electrons. The van der Waals surface area contributed by atoms with E-state index in [0.717, 1.165) is 23.9 Å². The summed E-state index contributed by atoms with van der Waals surface area (Å²) in [4.78, 5) is 7.94. The molecule has 1 fully saturated rings. The molecule has 2 aromatic rings. The predicted molar refractivity (Wildman–Crippen MR) is 106 cm³/mol. The van der Waals surface area contributed by atoms with Gasteiger partial charge in [-0.15, -0.1) is 11.3 Å². The molecule has 136 valence electrons. The van der Waals surface area contributed by atoms with Crippen molar-refractivity contribution >= 4 is 27.4 Å². The average molecular weight is 361 g/mol. The number of thiophene rings is 1. The molecule has 0 spiro atoms. The quantitative estimate of drug-likeness (QED) is 0.547. The number of aliphatic hydroxyl groups excluding tert-OH is 1. The fraction of sp³-hybridized carbons (Fsp3) is 0.526. The average Bonchev–Trinajstić information content (AvgIpc) is 3.23. The highest BCUT2D eigenvalue weighted by Crippen LogP contribution is 2.29. The van der Waals surface area contributed by atoms with Gasteiger partial charge in [-0.1, -0.05) is 18.2 Å². The molecule has 0 saturated carbocycles. The number of nitrogens with one attached hydrogen (secondary N) is 2. The first-order valence-corrected chi connectivity index (χ1v) is 9.88. The summed E-state index contributed by atoms with van der Waals surface area (Å²) in [6.45, 7) is 5.29. The highest BCUT2D eigenvalue weighted by atomic mass is 32.1. The molecular formula is C19H28N4OS. The summed E-state index contributed by atoms with van der Waals surface area (Å²) in [6.07, 6.45) is 1.93. The van der Waals surface area contributed by atoms with Gasteiger partial charge in [0.15, 0.2) is 5.96 Å². The van der Waals surface area contributed by atoms with Gasteiger partial charge >= 0.3 is 0 Å². The van der Waals surface area contributed by atoms with Crippen molar-refractivity contribution in [3.05, 3.63) is 35.2 Å². The lowest BCUT2D eigenvalue weighted by Crippen LogP contribution is -2.44. The molecule has 3 N–H and O–H groups in total. The van der Waals surface area contributed by atoms with Crippen molar-refractivity contribution < 1.29 is 5.11 Å². The zero-order valence-corrected chi connectivity index (χ0v) is 15.9. The molecule has 5 nitrogen and oxygen atoms in total. The fourth-order valence-corrected chi connectivity index (χ4v) is 4.27. The Hall–Kier alpha value is -1.63. The van der Waals surface area contributed by atoms with Crippen LogP contribution in [0.15, 0.2) is 35.3 Å². The molecule has 1 aliphatic heterocycles. The number of likely N-dealkylation sites (tertiary alicyclic amines) is 1. The SMILES string of the molecule is CCNC(=NCC(O)c1cc2ccccc2s1)NCC1CCCN1C. The number of hydrogen-bond acceptors (Lipinski definition) is 4. The van der Waals surface area contributed by atoms with Crippen LogP contribution in [0.1, 0.15) is 30.7 Å². The van der Waals surface area contributed by atoms with Gasteiger partial charge < -0.3 is 20.6 Å². The number of guanidine groups is 1. The third-order valence-corrected chi connectivity index (χ3v) is 5.93. The van der Waals surface area contributed by atoms with Crippen molar-refractivity contribution in [1.82, 2.24) is 15.5 Å². The third-order valence-electron chi connectivity index (χ3n) is 4.72. The number of likely N-dealkylation sites (N-methyl/N-ethyl adjacent to an activating group) is 1. The summed E-state index contributed by atoms with van der Waals surface area (Å²) < 4.78 is 1.20. The molecule has 1 aliphatic rings. The number of aliphatic hydroxyl groups is 1. The summed E-state index contributed by atoms with van der Waals surface area (Å²) in [6, 6.07) is 10.8. The number of benzene rings is 1. The van der Waals surface area contributed by atoms with Crippen molar-refractivity contribution in [3.63, 3.8) is 0 Å². The highest BCUT2D eigenvalue weighted by Gasteiger charge is 2.20. The van der Waals surface area contributed by atoms with Crippen molar-refractivity contribution in [2.24, 2.45) is 4.99 Å². The maximum absolute atomic E-state index is 10.5. The van der Waals surface area contributed by atoms with Crippen LogP contribution in [-0.2, 0) is 0 Å². The Labute approximate surface area is 153 Å². The van der Waals surface area contributed by atoms with Gasteiger partial charge in [0, 0.05) is 28.7 Å². The molecule has 25 heavy (non-hydrogen) atoms. The van der Waals surface area contributed by atoms with Crippen LogP contribution in [-0.4, -0.2) is 55.2 Å². The van der Waals surface area contributed by atoms with Crippen LogP contribution in [0, 0.1) is 0 Å². The van der Waals surface area contributed by atoms with E-state index in [1.54, 1.807) is 11.3 Å². The van der Waals surface area contributed by atoms with Gasteiger partial charge in [-0.25, -0.2) is 0 Å². The van der Waals surface area contributed by atoms with E-state index in [4.69, 9.17) is 0 Å². The van der Waals surface area contributed by atoms with Crippen molar-refractivity contribution in [2.75, 3.05) is 33.2 Å². The number of nitrogens with zero attached hydrogens (tertiary/aromatic N) is 2. The Morgan fingerprint density at radius 3 is 2.96 bits per heavy atom. The van der Waals surface area contributed by atoms with Crippen molar-refractivity contribution in [1.29, 1.82) is 0 Å². The Morgan fingerprint density at radius 1 is 1.40 bits per heavy atom. The van der Waals surface area contributed by atoms with Crippen molar-refractivity contribution in [2.45, 2.75) is 31.9 Å². The smallest absolute Gasteiger partial charge is 0.191 e. The molecule has 2 heterocycles. The van der Waals surface area contributed by atoms with Gasteiger partial charge in [-0.2, -0.15) is 0 Å². The van der Waals surface area contributed by atoms with Gasteiger partial charge in [-0.05, 0) is 50.9 Å². The maximum Gasteiger partial charge on any atom is 0.191 e. The molecule has 0 bridgehead atoms. The zero-order valence-electron chi connectivity index (χ0n) is 15.0. The molecule has 2 atom stereocenters. The van der Waals surface area contributed by atoms with E-state index in [9.17, 15) is 5.11 Å². The second kappa shape index (κ2) is 8.65. The topological polar surface area (TPSA) is 59.9 Å². The summed E-state index contributed by atoms with van der Waals surface area (Å²) in [5.74, 6) is 0.781. The lowest BCUT2D eigenvalue weighted by molar-refractivity contribution is 0.191. The second-order valence-electron chi connectivity index (χ2n) is 6.58. The van der Waals surface area contributed by atoms with E-state index in [0.29, 0.717) is 12.6 Å². The number of fused-ring (bicyclic) bond motifs is 1. The lowest BCUT2D eigenvalue weighted by atomic mass is 10.2. The summed E-state index contributed by atoms with van der Waals surface area (Å²) in [7, 11) is 2.18. The van der Waals surface area contributed by atoms with Crippen LogP contribution in [0.5, 0.6) is 0 Å². The minimum Gasteiger partial charge on any atom is -0.386 e. The number of rotatable bonds is 6. The first-order valence-electron chi connectivity index (χ1n) is 9.06. The van der Waals surface area contributed by atoms with E-state index in [1.807, 2.05) is 12.1 Å². The first-order chi connectivity index (χ1) is 12.2.